The lowest BCUT2D eigenvalue weighted by molar-refractivity contribution is -0.139. The first-order chi connectivity index (χ1) is 14.9. The van der Waals surface area contributed by atoms with Crippen LogP contribution in [-0.2, 0) is 26.2 Å². The lowest BCUT2D eigenvalue weighted by Crippen LogP contribution is -2.46. The topological polar surface area (TPSA) is 108 Å². The summed E-state index contributed by atoms with van der Waals surface area (Å²) in [4.78, 5) is 28.2. The summed E-state index contributed by atoms with van der Waals surface area (Å²) in [5.41, 5.74) is 0.786. The summed E-state index contributed by atoms with van der Waals surface area (Å²) < 4.78 is 27.6. The highest BCUT2D eigenvalue weighted by Crippen LogP contribution is 2.27. The van der Waals surface area contributed by atoms with Crippen molar-refractivity contribution in [1.82, 2.24) is 19.9 Å². The maximum Gasteiger partial charge on any atom is 0.309 e. The quantitative estimate of drug-likeness (QED) is 0.610. The number of nitrogens with one attached hydrogen (secondary N) is 2. The number of hydrogen-bond acceptors (Lipinski definition) is 5. The van der Waals surface area contributed by atoms with Crippen LogP contribution in [0.3, 0.4) is 0 Å². The number of benzene rings is 1. The average molecular weight is 465 g/mol. The predicted octanol–water partition coefficient (Wildman–Crippen LogP) is 2.10. The Hall–Kier alpha value is -2.49. The van der Waals surface area contributed by atoms with Gasteiger partial charge in [0.2, 0.25) is 10.0 Å². The zero-order valence-corrected chi connectivity index (χ0v) is 18.5. The van der Waals surface area contributed by atoms with E-state index in [2.05, 4.69) is 15.6 Å². The van der Waals surface area contributed by atoms with Crippen LogP contribution in [0.1, 0.15) is 31.2 Å². The fourth-order valence-corrected chi connectivity index (χ4v) is 5.37. The summed E-state index contributed by atoms with van der Waals surface area (Å²) in [6.45, 7) is 0.835. The second-order valence-corrected chi connectivity index (χ2v) is 9.63. The molecule has 2 heterocycles. The number of sulfonamides is 1. The van der Waals surface area contributed by atoms with Crippen LogP contribution in [0, 0.1) is 0 Å². The monoisotopic (exact) mass is 464 g/mol. The van der Waals surface area contributed by atoms with Crippen molar-refractivity contribution in [2.45, 2.75) is 43.2 Å². The van der Waals surface area contributed by atoms with Gasteiger partial charge in [0.15, 0.2) is 0 Å². The van der Waals surface area contributed by atoms with Crippen molar-refractivity contribution >= 4 is 33.4 Å². The van der Waals surface area contributed by atoms with Gasteiger partial charge >= 0.3 is 11.8 Å². The van der Waals surface area contributed by atoms with E-state index in [-0.39, 0.29) is 24.0 Å². The molecule has 1 atom stereocenters. The number of aromatic nitrogens is 1. The zero-order valence-electron chi connectivity index (χ0n) is 17.0. The van der Waals surface area contributed by atoms with Gasteiger partial charge in [-0.2, -0.15) is 4.31 Å². The molecule has 1 fully saturated rings. The summed E-state index contributed by atoms with van der Waals surface area (Å²) in [5, 5.41) is 5.59. The molecule has 0 spiro atoms. The van der Waals surface area contributed by atoms with Gasteiger partial charge in [-0.05, 0) is 55.2 Å². The van der Waals surface area contributed by atoms with E-state index in [0.717, 1.165) is 18.4 Å². The molecule has 166 valence electrons. The van der Waals surface area contributed by atoms with E-state index in [4.69, 9.17) is 11.6 Å². The van der Waals surface area contributed by atoms with Crippen molar-refractivity contribution in [3.05, 3.63) is 59.4 Å². The van der Waals surface area contributed by atoms with Gasteiger partial charge in [-0.25, -0.2) is 8.42 Å². The number of nitrogens with zero attached hydrogens (tertiary/aromatic N) is 2. The van der Waals surface area contributed by atoms with Gasteiger partial charge in [0.05, 0.1) is 4.90 Å². The van der Waals surface area contributed by atoms with E-state index in [1.54, 1.807) is 36.7 Å². The highest BCUT2D eigenvalue weighted by molar-refractivity contribution is 7.89. The van der Waals surface area contributed by atoms with Gasteiger partial charge in [-0.15, -0.1) is 0 Å². The maximum atomic E-state index is 13.1. The second kappa shape index (κ2) is 10.7. The van der Waals surface area contributed by atoms with E-state index < -0.39 is 21.8 Å². The van der Waals surface area contributed by atoms with Gasteiger partial charge in [-0.3, -0.25) is 14.6 Å². The lowest BCUT2D eigenvalue weighted by Gasteiger charge is -2.34. The van der Waals surface area contributed by atoms with Crippen molar-refractivity contribution in [3.63, 3.8) is 0 Å². The van der Waals surface area contributed by atoms with Crippen molar-refractivity contribution < 1.29 is 18.0 Å². The number of piperidine rings is 1. The first kappa shape index (κ1) is 23.2. The highest BCUT2D eigenvalue weighted by Gasteiger charge is 2.33. The Balaban J connectivity index is 1.52. The third-order valence-electron chi connectivity index (χ3n) is 5.14. The number of halogens is 1. The van der Waals surface area contributed by atoms with Crippen LogP contribution < -0.4 is 10.6 Å². The van der Waals surface area contributed by atoms with E-state index in [1.165, 1.54) is 16.4 Å². The Morgan fingerprint density at radius 1 is 1.10 bits per heavy atom. The van der Waals surface area contributed by atoms with E-state index >= 15 is 0 Å². The van der Waals surface area contributed by atoms with Gasteiger partial charge in [-0.1, -0.05) is 24.1 Å². The third kappa shape index (κ3) is 6.25. The molecule has 2 amide bonds. The molecule has 2 aromatic rings. The second-order valence-electron chi connectivity index (χ2n) is 7.31. The van der Waals surface area contributed by atoms with Crippen LogP contribution >= 0.6 is 11.6 Å². The predicted molar refractivity (Wildman–Crippen MR) is 117 cm³/mol. The first-order valence-electron chi connectivity index (χ1n) is 10.1. The standard InChI is InChI=1S/C21H25ClN4O4S/c22-17-6-8-19(9-7-17)31(29,30)26-13-2-1-5-18(26)10-12-24-20(27)21(28)25-15-16-4-3-11-23-14-16/h3-4,6-9,11,14,18H,1-2,5,10,12-13,15H2,(H,24,27)(H,25,28)/t18-/m1/s1. The number of hydrogen-bond donors (Lipinski definition) is 2. The van der Waals surface area contributed by atoms with Crippen molar-refractivity contribution in [1.29, 1.82) is 0 Å². The van der Waals surface area contributed by atoms with E-state index in [0.29, 0.717) is 24.4 Å². The molecule has 3 rings (SSSR count). The van der Waals surface area contributed by atoms with Gasteiger partial charge < -0.3 is 10.6 Å². The third-order valence-corrected chi connectivity index (χ3v) is 7.36. The fraction of sp³-hybridized carbons (Fsp3) is 0.381. The summed E-state index contributed by atoms with van der Waals surface area (Å²) in [6.07, 6.45) is 6.06. The summed E-state index contributed by atoms with van der Waals surface area (Å²) in [7, 11) is -3.66. The highest BCUT2D eigenvalue weighted by atomic mass is 35.5. The number of rotatable bonds is 7. The van der Waals surface area contributed by atoms with E-state index in [1.807, 2.05) is 0 Å². The number of amides is 2. The molecule has 2 N–H and O–H groups in total. The molecular formula is C21H25ClN4O4S. The smallest absolute Gasteiger partial charge is 0.309 e. The van der Waals surface area contributed by atoms with Crippen molar-refractivity contribution in [2.75, 3.05) is 13.1 Å². The maximum absolute atomic E-state index is 13.1. The lowest BCUT2D eigenvalue weighted by atomic mass is 10.0. The Labute approximate surface area is 187 Å². The number of carbonyl (C=O) groups is 2. The van der Waals surface area contributed by atoms with Crippen molar-refractivity contribution in [2.24, 2.45) is 0 Å². The van der Waals surface area contributed by atoms with E-state index in [9.17, 15) is 18.0 Å². The summed E-state index contributed by atoms with van der Waals surface area (Å²) in [6, 6.07) is 9.40. The molecule has 0 radical (unpaired) electrons. The van der Waals surface area contributed by atoms with Crippen molar-refractivity contribution in [3.8, 4) is 0 Å². The van der Waals surface area contributed by atoms with Gasteiger partial charge in [0.25, 0.3) is 0 Å². The molecule has 31 heavy (non-hydrogen) atoms. The average Bonchev–Trinajstić information content (AvgIpc) is 2.78. The Kier molecular flexibility index (Phi) is 8.00. The van der Waals surface area contributed by atoms with Crippen LogP contribution in [0.4, 0.5) is 0 Å². The zero-order chi connectivity index (χ0) is 22.3. The SMILES string of the molecule is O=C(NCC[C@H]1CCCCN1S(=O)(=O)c1ccc(Cl)cc1)C(=O)NCc1cccnc1. The molecule has 0 aliphatic carbocycles. The number of carbonyl (C=O) groups excluding carboxylic acids is 2. The Morgan fingerprint density at radius 3 is 2.55 bits per heavy atom. The molecule has 1 aliphatic heterocycles. The summed E-state index contributed by atoms with van der Waals surface area (Å²) in [5.74, 6) is -1.48. The molecule has 10 heteroatoms. The molecule has 8 nitrogen and oxygen atoms in total. The molecule has 0 unspecified atom stereocenters. The van der Waals surface area contributed by atoms with Crippen LogP contribution in [0.15, 0.2) is 53.7 Å². The minimum atomic E-state index is -3.66. The fourth-order valence-electron chi connectivity index (χ4n) is 3.52. The van der Waals surface area contributed by atoms with Gasteiger partial charge in [0.1, 0.15) is 0 Å². The molecule has 1 aromatic carbocycles. The molecule has 1 aliphatic rings. The van der Waals surface area contributed by atoms with Crippen LogP contribution in [0.25, 0.3) is 0 Å². The Bertz CT molecular complexity index is 1000. The minimum Gasteiger partial charge on any atom is -0.348 e. The van der Waals surface area contributed by atoms with Gasteiger partial charge in [0, 0.05) is 43.1 Å². The molecular weight excluding hydrogens is 440 g/mol. The van der Waals surface area contributed by atoms with Crippen LogP contribution in [-0.4, -0.2) is 48.7 Å². The van der Waals surface area contributed by atoms with Crippen LogP contribution in [0.5, 0.6) is 0 Å². The molecule has 0 saturated carbocycles. The first-order valence-corrected chi connectivity index (χ1v) is 11.9. The largest absolute Gasteiger partial charge is 0.348 e. The summed E-state index contributed by atoms with van der Waals surface area (Å²) >= 11 is 5.87. The molecule has 0 bridgehead atoms. The molecule has 1 saturated heterocycles. The molecule has 1 aromatic heterocycles. The Morgan fingerprint density at radius 2 is 1.84 bits per heavy atom. The number of pyridine rings is 1. The minimum absolute atomic E-state index is 0.197. The normalized spacial score (nSPS) is 17.1. The van der Waals surface area contributed by atoms with Crippen LogP contribution in [0.2, 0.25) is 5.02 Å².